The second-order valence-electron chi connectivity index (χ2n) is 7.48. The van der Waals surface area contributed by atoms with Gasteiger partial charge >= 0.3 is 0 Å². The predicted molar refractivity (Wildman–Crippen MR) is 114 cm³/mol. The molecule has 0 aliphatic carbocycles. The van der Waals surface area contributed by atoms with Crippen molar-refractivity contribution in [3.63, 3.8) is 0 Å². The third-order valence-electron chi connectivity index (χ3n) is 5.51. The molecule has 0 unspecified atom stereocenters. The quantitative estimate of drug-likeness (QED) is 0.669. The van der Waals surface area contributed by atoms with Crippen LogP contribution in [0.1, 0.15) is 36.1 Å². The van der Waals surface area contributed by atoms with E-state index in [-0.39, 0.29) is 17.0 Å². The van der Waals surface area contributed by atoms with Crippen LogP contribution in [0.15, 0.2) is 28.8 Å². The molecule has 0 atom stereocenters. The van der Waals surface area contributed by atoms with Gasteiger partial charge in [0.05, 0.1) is 12.8 Å². The highest BCUT2D eigenvalue weighted by atomic mass is 35.5. The summed E-state index contributed by atoms with van der Waals surface area (Å²) in [5, 5.41) is 4.07. The normalized spacial score (nSPS) is 14.5. The molecule has 0 spiro atoms. The molecular formula is C22H28ClN3O4. The van der Waals surface area contributed by atoms with E-state index < -0.39 is 0 Å². The fourth-order valence-electron chi connectivity index (χ4n) is 3.65. The molecule has 1 aliphatic rings. The molecule has 7 nitrogen and oxygen atoms in total. The number of halogens is 1. The molecule has 0 radical (unpaired) electrons. The van der Waals surface area contributed by atoms with E-state index in [0.717, 1.165) is 29.0 Å². The van der Waals surface area contributed by atoms with Crippen LogP contribution in [0.4, 0.5) is 0 Å². The third kappa shape index (κ3) is 5.75. The van der Waals surface area contributed by atoms with Crippen LogP contribution in [0.5, 0.6) is 5.75 Å². The molecule has 0 bridgehead atoms. The molecule has 0 N–H and O–H groups in total. The van der Waals surface area contributed by atoms with E-state index in [4.69, 9.17) is 20.9 Å². The summed E-state index contributed by atoms with van der Waals surface area (Å²) in [7, 11) is 1.64. The molecule has 2 aromatic rings. The fraction of sp³-hybridized carbons (Fsp3) is 0.500. The molecule has 30 heavy (non-hydrogen) atoms. The molecule has 1 saturated heterocycles. The van der Waals surface area contributed by atoms with Gasteiger partial charge in [-0.3, -0.25) is 9.59 Å². The van der Waals surface area contributed by atoms with E-state index in [2.05, 4.69) is 5.16 Å². The zero-order chi connectivity index (χ0) is 21.5. The first kappa shape index (κ1) is 22.2. The highest BCUT2D eigenvalue weighted by Gasteiger charge is 2.22. The Bertz CT molecular complexity index is 846. The Morgan fingerprint density at radius 3 is 2.17 bits per heavy atom. The summed E-state index contributed by atoms with van der Waals surface area (Å²) in [5.41, 5.74) is 2.62. The first-order valence-corrected chi connectivity index (χ1v) is 10.6. The Morgan fingerprint density at radius 2 is 1.63 bits per heavy atom. The van der Waals surface area contributed by atoms with E-state index in [0.29, 0.717) is 51.9 Å². The van der Waals surface area contributed by atoms with Gasteiger partial charge in [-0.2, -0.15) is 0 Å². The molecule has 2 amide bonds. The van der Waals surface area contributed by atoms with E-state index in [1.807, 2.05) is 41.0 Å². The highest BCUT2D eigenvalue weighted by Crippen LogP contribution is 2.21. The number of aryl methyl sites for hydroxylation is 2. The van der Waals surface area contributed by atoms with Crippen LogP contribution in [0, 0.1) is 6.92 Å². The molecule has 1 aromatic carbocycles. The van der Waals surface area contributed by atoms with E-state index in [1.165, 1.54) is 0 Å². The van der Waals surface area contributed by atoms with Crippen LogP contribution >= 0.6 is 11.6 Å². The summed E-state index contributed by atoms with van der Waals surface area (Å²) >= 11 is 5.98. The largest absolute Gasteiger partial charge is 0.497 e. The van der Waals surface area contributed by atoms with E-state index in [9.17, 15) is 9.59 Å². The maximum absolute atomic E-state index is 12.6. The number of ether oxygens (including phenoxy) is 1. The number of carbonyl (C=O) groups is 2. The van der Waals surface area contributed by atoms with Crippen molar-refractivity contribution in [2.24, 2.45) is 0 Å². The molecule has 1 aromatic heterocycles. The van der Waals surface area contributed by atoms with Gasteiger partial charge in [0.2, 0.25) is 17.0 Å². The summed E-state index contributed by atoms with van der Waals surface area (Å²) in [4.78, 5) is 29.0. The van der Waals surface area contributed by atoms with Crippen molar-refractivity contribution in [3.8, 4) is 5.75 Å². The minimum atomic E-state index is 0.0687. The van der Waals surface area contributed by atoms with Gasteiger partial charge in [0.1, 0.15) is 5.75 Å². The average molecular weight is 434 g/mol. The molecule has 2 heterocycles. The maximum Gasteiger partial charge on any atom is 0.229 e. The Labute approximate surface area is 181 Å². The first-order valence-electron chi connectivity index (χ1n) is 10.3. The highest BCUT2D eigenvalue weighted by molar-refractivity contribution is 6.29. The Kier molecular flexibility index (Phi) is 7.74. The molecular weight excluding hydrogens is 406 g/mol. The number of nitrogens with zero attached hydrogens (tertiary/aromatic N) is 3. The summed E-state index contributed by atoms with van der Waals surface area (Å²) in [6.45, 7) is 4.29. The zero-order valence-corrected chi connectivity index (χ0v) is 18.3. The van der Waals surface area contributed by atoms with Crippen LogP contribution in [0.25, 0.3) is 0 Å². The van der Waals surface area contributed by atoms with Gasteiger partial charge in [-0.1, -0.05) is 17.3 Å². The number of carbonyl (C=O) groups excluding carboxylic acids is 2. The van der Waals surface area contributed by atoms with Gasteiger partial charge < -0.3 is 19.1 Å². The lowest BCUT2D eigenvalue weighted by Gasteiger charge is -2.22. The predicted octanol–water partition coefficient (Wildman–Crippen LogP) is 3.27. The van der Waals surface area contributed by atoms with Crippen molar-refractivity contribution >= 4 is 23.4 Å². The van der Waals surface area contributed by atoms with Gasteiger partial charge in [0.15, 0.2) is 0 Å². The van der Waals surface area contributed by atoms with Crippen LogP contribution in [0.2, 0.25) is 5.22 Å². The lowest BCUT2D eigenvalue weighted by atomic mass is 10.1. The van der Waals surface area contributed by atoms with Crippen molar-refractivity contribution in [2.45, 2.75) is 39.0 Å². The van der Waals surface area contributed by atoms with Gasteiger partial charge in [0.25, 0.3) is 0 Å². The Morgan fingerprint density at radius 1 is 1.03 bits per heavy atom. The number of benzene rings is 1. The lowest BCUT2D eigenvalue weighted by Crippen LogP contribution is -2.37. The van der Waals surface area contributed by atoms with Crippen molar-refractivity contribution < 1.29 is 18.8 Å². The lowest BCUT2D eigenvalue weighted by molar-refractivity contribution is -0.133. The number of rotatable bonds is 7. The number of amides is 2. The third-order valence-corrected chi connectivity index (χ3v) is 5.81. The monoisotopic (exact) mass is 433 g/mol. The van der Waals surface area contributed by atoms with Crippen molar-refractivity contribution in [2.75, 3.05) is 33.3 Å². The minimum Gasteiger partial charge on any atom is -0.497 e. The summed E-state index contributed by atoms with van der Waals surface area (Å²) in [6.07, 6.45) is 2.81. The minimum absolute atomic E-state index is 0.0687. The summed E-state index contributed by atoms with van der Waals surface area (Å²) < 4.78 is 10.1. The smallest absolute Gasteiger partial charge is 0.229 e. The topological polar surface area (TPSA) is 75.9 Å². The van der Waals surface area contributed by atoms with E-state index in [1.54, 1.807) is 7.11 Å². The SMILES string of the molecule is COc1ccc(CCC(=O)N2CCCN(C(=O)CCc3c(C)noc3Cl)CC2)cc1. The summed E-state index contributed by atoms with van der Waals surface area (Å²) in [6, 6.07) is 7.78. The summed E-state index contributed by atoms with van der Waals surface area (Å²) in [5.74, 6) is 1.01. The maximum atomic E-state index is 12.6. The van der Waals surface area contributed by atoms with Crippen molar-refractivity contribution in [1.82, 2.24) is 15.0 Å². The van der Waals surface area contributed by atoms with Crippen LogP contribution in [-0.4, -0.2) is 60.1 Å². The molecule has 8 heteroatoms. The fourth-order valence-corrected chi connectivity index (χ4v) is 3.91. The molecule has 1 aliphatic heterocycles. The molecule has 3 rings (SSSR count). The van der Waals surface area contributed by atoms with Crippen LogP contribution in [-0.2, 0) is 22.4 Å². The molecule has 162 valence electrons. The zero-order valence-electron chi connectivity index (χ0n) is 17.5. The van der Waals surface area contributed by atoms with Crippen molar-refractivity contribution in [3.05, 3.63) is 46.3 Å². The Balaban J connectivity index is 1.45. The first-order chi connectivity index (χ1) is 14.5. The van der Waals surface area contributed by atoms with Gasteiger partial charge in [-0.05, 0) is 55.5 Å². The Hall–Kier alpha value is -2.54. The standard InChI is InChI=1S/C22H28ClN3O4/c1-16-19(22(23)30-24-16)9-11-21(28)26-13-3-12-25(14-15-26)20(27)10-6-17-4-7-18(29-2)8-5-17/h4-5,7-8H,3,6,9-15H2,1-2H3. The molecule has 0 saturated carbocycles. The number of methoxy groups -OCH3 is 1. The number of hydrogen-bond donors (Lipinski definition) is 0. The van der Waals surface area contributed by atoms with Gasteiger partial charge in [0, 0.05) is 44.6 Å². The average Bonchev–Trinajstić information content (AvgIpc) is 2.95. The van der Waals surface area contributed by atoms with Gasteiger partial charge in [-0.15, -0.1) is 0 Å². The second-order valence-corrected chi connectivity index (χ2v) is 7.83. The van der Waals surface area contributed by atoms with Crippen LogP contribution < -0.4 is 4.74 Å². The van der Waals surface area contributed by atoms with Crippen molar-refractivity contribution in [1.29, 1.82) is 0 Å². The number of aromatic nitrogens is 1. The van der Waals surface area contributed by atoms with Gasteiger partial charge in [-0.25, -0.2) is 0 Å². The van der Waals surface area contributed by atoms with Crippen LogP contribution in [0.3, 0.4) is 0 Å². The van der Waals surface area contributed by atoms with E-state index >= 15 is 0 Å². The second kappa shape index (κ2) is 10.5. The number of hydrogen-bond acceptors (Lipinski definition) is 5. The molecule has 1 fully saturated rings.